The Hall–Kier alpha value is -1.22. The molecule has 98 valence electrons. The molecule has 1 heterocycles. The first-order chi connectivity index (χ1) is 8.45. The van der Waals surface area contributed by atoms with E-state index in [-0.39, 0.29) is 11.5 Å². The number of ether oxygens (including phenoxy) is 1. The number of anilines is 1. The van der Waals surface area contributed by atoms with Crippen LogP contribution in [0.3, 0.4) is 0 Å². The van der Waals surface area contributed by atoms with Crippen molar-refractivity contribution >= 4 is 23.4 Å². The van der Waals surface area contributed by atoms with Crippen LogP contribution >= 0.6 is 11.6 Å². The standard InChI is InChI=1S/C14H18ClNO2/c1-4-14(2,3)11-6-5-10(9-12(11)15)16-7-8-18-13(16)17/h5-6,9H,4,7-8H2,1-3H3. The third kappa shape index (κ3) is 2.32. The minimum absolute atomic E-state index is 0.0428. The number of cyclic esters (lactones) is 1. The van der Waals surface area contributed by atoms with Crippen molar-refractivity contribution in [1.29, 1.82) is 0 Å². The summed E-state index contributed by atoms with van der Waals surface area (Å²) in [7, 11) is 0. The Morgan fingerprint density at radius 3 is 2.67 bits per heavy atom. The summed E-state index contributed by atoms with van der Waals surface area (Å²) in [6, 6.07) is 5.79. The van der Waals surface area contributed by atoms with Gasteiger partial charge in [-0.15, -0.1) is 0 Å². The molecule has 1 aliphatic heterocycles. The molecule has 1 amide bonds. The number of carbonyl (C=O) groups excluding carboxylic acids is 1. The molecule has 2 rings (SSSR count). The number of halogens is 1. The molecule has 1 aromatic carbocycles. The fourth-order valence-electron chi connectivity index (χ4n) is 2.04. The van der Waals surface area contributed by atoms with Crippen LogP contribution < -0.4 is 4.90 Å². The lowest BCUT2D eigenvalue weighted by Gasteiger charge is -2.25. The van der Waals surface area contributed by atoms with Gasteiger partial charge < -0.3 is 4.74 Å². The zero-order valence-electron chi connectivity index (χ0n) is 11.0. The van der Waals surface area contributed by atoms with E-state index in [1.54, 1.807) is 4.90 Å². The van der Waals surface area contributed by atoms with Crippen molar-refractivity contribution in [2.45, 2.75) is 32.6 Å². The van der Waals surface area contributed by atoms with Crippen LogP contribution in [0, 0.1) is 0 Å². The van der Waals surface area contributed by atoms with Gasteiger partial charge in [0.05, 0.1) is 6.54 Å². The molecule has 1 aromatic rings. The number of hydrogen-bond acceptors (Lipinski definition) is 2. The summed E-state index contributed by atoms with van der Waals surface area (Å²) in [5.74, 6) is 0. The van der Waals surface area contributed by atoms with Gasteiger partial charge in [-0.2, -0.15) is 0 Å². The van der Waals surface area contributed by atoms with Gasteiger partial charge in [-0.25, -0.2) is 4.79 Å². The van der Waals surface area contributed by atoms with Crippen molar-refractivity contribution in [3.63, 3.8) is 0 Å². The third-order valence-corrected chi connectivity index (χ3v) is 3.95. The third-order valence-electron chi connectivity index (χ3n) is 3.64. The van der Waals surface area contributed by atoms with Crippen molar-refractivity contribution in [1.82, 2.24) is 0 Å². The van der Waals surface area contributed by atoms with Crippen molar-refractivity contribution in [3.05, 3.63) is 28.8 Å². The normalized spacial score (nSPS) is 16.0. The average molecular weight is 268 g/mol. The van der Waals surface area contributed by atoms with Crippen molar-refractivity contribution in [3.8, 4) is 0 Å². The van der Waals surface area contributed by atoms with Crippen LogP contribution in [0.15, 0.2) is 18.2 Å². The molecule has 0 N–H and O–H groups in total. The first-order valence-electron chi connectivity index (χ1n) is 6.20. The molecule has 3 nitrogen and oxygen atoms in total. The monoisotopic (exact) mass is 267 g/mol. The molecule has 0 spiro atoms. The molecule has 0 unspecified atom stereocenters. The Labute approximate surface area is 113 Å². The van der Waals surface area contributed by atoms with Crippen LogP contribution in [0.25, 0.3) is 0 Å². The average Bonchev–Trinajstić information content (AvgIpc) is 2.75. The maximum absolute atomic E-state index is 11.5. The number of carbonyl (C=O) groups is 1. The van der Waals surface area contributed by atoms with Crippen LogP contribution in [0.2, 0.25) is 5.02 Å². The summed E-state index contributed by atoms with van der Waals surface area (Å²) in [4.78, 5) is 13.1. The second-order valence-electron chi connectivity index (χ2n) is 5.17. The summed E-state index contributed by atoms with van der Waals surface area (Å²) in [5.41, 5.74) is 1.96. The molecule has 0 radical (unpaired) electrons. The minimum atomic E-state index is -0.298. The highest BCUT2D eigenvalue weighted by molar-refractivity contribution is 6.31. The Morgan fingerprint density at radius 1 is 1.44 bits per heavy atom. The largest absolute Gasteiger partial charge is 0.447 e. The Balaban J connectivity index is 2.33. The summed E-state index contributed by atoms with van der Waals surface area (Å²) in [6.07, 6.45) is 0.714. The highest BCUT2D eigenvalue weighted by Gasteiger charge is 2.26. The van der Waals surface area contributed by atoms with Crippen LogP contribution in [-0.4, -0.2) is 19.2 Å². The second kappa shape index (κ2) is 4.81. The molecule has 18 heavy (non-hydrogen) atoms. The Morgan fingerprint density at radius 2 is 2.17 bits per heavy atom. The fourth-order valence-corrected chi connectivity index (χ4v) is 2.47. The maximum atomic E-state index is 11.5. The van der Waals surface area contributed by atoms with Crippen LogP contribution in [0.1, 0.15) is 32.8 Å². The van der Waals surface area contributed by atoms with E-state index >= 15 is 0 Å². The zero-order valence-corrected chi connectivity index (χ0v) is 11.8. The molecule has 4 heteroatoms. The van der Waals surface area contributed by atoms with Gasteiger partial charge >= 0.3 is 6.09 Å². The zero-order chi connectivity index (χ0) is 13.3. The molecule has 1 saturated heterocycles. The molecular formula is C14H18ClNO2. The van der Waals surface area contributed by atoms with E-state index in [9.17, 15) is 4.79 Å². The highest BCUT2D eigenvalue weighted by atomic mass is 35.5. The van der Waals surface area contributed by atoms with Gasteiger partial charge in [0, 0.05) is 10.7 Å². The number of hydrogen-bond donors (Lipinski definition) is 0. The summed E-state index contributed by atoms with van der Waals surface area (Å²) >= 11 is 6.34. The molecule has 0 saturated carbocycles. The van der Waals surface area contributed by atoms with E-state index in [1.165, 1.54) is 0 Å². The van der Waals surface area contributed by atoms with Crippen LogP contribution in [0.5, 0.6) is 0 Å². The van der Waals surface area contributed by atoms with Crippen molar-refractivity contribution in [2.24, 2.45) is 0 Å². The van der Waals surface area contributed by atoms with Crippen LogP contribution in [-0.2, 0) is 10.2 Å². The van der Waals surface area contributed by atoms with Gasteiger partial charge in [-0.05, 0) is 29.5 Å². The molecule has 0 bridgehead atoms. The van der Waals surface area contributed by atoms with Gasteiger partial charge in [0.2, 0.25) is 0 Å². The van der Waals surface area contributed by atoms with Gasteiger partial charge in [-0.1, -0.05) is 38.4 Å². The summed E-state index contributed by atoms with van der Waals surface area (Å²) in [5, 5.41) is 0.707. The van der Waals surface area contributed by atoms with E-state index in [0.717, 1.165) is 17.7 Å². The lowest BCUT2D eigenvalue weighted by molar-refractivity contribution is 0.181. The Kier molecular flexibility index (Phi) is 3.53. The van der Waals surface area contributed by atoms with Crippen molar-refractivity contribution < 1.29 is 9.53 Å². The fraction of sp³-hybridized carbons (Fsp3) is 0.500. The summed E-state index contributed by atoms with van der Waals surface area (Å²) < 4.78 is 4.92. The van der Waals surface area contributed by atoms with E-state index < -0.39 is 0 Å². The lowest BCUT2D eigenvalue weighted by atomic mass is 9.82. The molecule has 0 aromatic heterocycles. The maximum Gasteiger partial charge on any atom is 0.414 e. The predicted molar refractivity (Wildman–Crippen MR) is 73.5 cm³/mol. The van der Waals surface area contributed by atoms with Crippen molar-refractivity contribution in [2.75, 3.05) is 18.1 Å². The number of amides is 1. The van der Waals surface area contributed by atoms with Crippen LogP contribution in [0.4, 0.5) is 10.5 Å². The minimum Gasteiger partial charge on any atom is -0.447 e. The lowest BCUT2D eigenvalue weighted by Crippen LogP contribution is -2.24. The first kappa shape index (κ1) is 13.2. The number of nitrogens with zero attached hydrogens (tertiary/aromatic N) is 1. The quantitative estimate of drug-likeness (QED) is 0.829. The van der Waals surface area contributed by atoms with Gasteiger partial charge in [0.1, 0.15) is 6.61 Å². The summed E-state index contributed by atoms with van der Waals surface area (Å²) in [6.45, 7) is 7.50. The molecular weight excluding hydrogens is 250 g/mol. The Bertz CT molecular complexity index is 471. The molecule has 1 fully saturated rings. The second-order valence-corrected chi connectivity index (χ2v) is 5.57. The predicted octanol–water partition coefficient (Wildman–Crippen LogP) is 3.98. The van der Waals surface area contributed by atoms with Gasteiger partial charge in [0.15, 0.2) is 0 Å². The van der Waals surface area contributed by atoms with Gasteiger partial charge in [0.25, 0.3) is 0 Å². The SMILES string of the molecule is CCC(C)(C)c1ccc(N2CCOC2=O)cc1Cl. The highest BCUT2D eigenvalue weighted by Crippen LogP contribution is 2.35. The number of rotatable bonds is 3. The van der Waals surface area contributed by atoms with Gasteiger partial charge in [-0.3, -0.25) is 4.90 Å². The van der Waals surface area contributed by atoms with E-state index in [4.69, 9.17) is 16.3 Å². The number of benzene rings is 1. The smallest absolute Gasteiger partial charge is 0.414 e. The molecule has 0 aliphatic carbocycles. The topological polar surface area (TPSA) is 29.5 Å². The van der Waals surface area contributed by atoms with E-state index in [0.29, 0.717) is 18.2 Å². The van der Waals surface area contributed by atoms with E-state index in [1.807, 2.05) is 18.2 Å². The van der Waals surface area contributed by atoms with E-state index in [2.05, 4.69) is 20.8 Å². The molecule has 0 atom stereocenters. The molecule has 1 aliphatic rings. The first-order valence-corrected chi connectivity index (χ1v) is 6.58.